The van der Waals surface area contributed by atoms with Crippen LogP contribution in [0.5, 0.6) is 0 Å². The minimum absolute atomic E-state index is 0.00719. The molecule has 1 fully saturated rings. The van der Waals surface area contributed by atoms with Gasteiger partial charge in [0.2, 0.25) is 10.0 Å². The molecule has 1 saturated heterocycles. The molecule has 1 aliphatic heterocycles. The van der Waals surface area contributed by atoms with Crippen molar-refractivity contribution in [3.05, 3.63) is 18.3 Å². The van der Waals surface area contributed by atoms with Gasteiger partial charge in [0.25, 0.3) is 0 Å². The summed E-state index contributed by atoms with van der Waals surface area (Å²) in [7, 11) is -3.82. The Balaban J connectivity index is 2.07. The van der Waals surface area contributed by atoms with Crippen LogP contribution in [0.1, 0.15) is 0 Å². The van der Waals surface area contributed by atoms with Crippen molar-refractivity contribution in [3.8, 4) is 0 Å². The Bertz CT molecular complexity index is 598. The molecular formula is C11H15F3N4O2S. The molecular weight excluding hydrogens is 309 g/mol. The van der Waals surface area contributed by atoms with E-state index in [9.17, 15) is 21.6 Å². The zero-order valence-corrected chi connectivity index (χ0v) is 11.9. The summed E-state index contributed by atoms with van der Waals surface area (Å²) in [6.45, 7) is -0.993. The molecule has 21 heavy (non-hydrogen) atoms. The average molecular weight is 324 g/mol. The van der Waals surface area contributed by atoms with Crippen molar-refractivity contribution < 1.29 is 21.6 Å². The van der Waals surface area contributed by atoms with Crippen LogP contribution < -0.4 is 5.73 Å². The van der Waals surface area contributed by atoms with E-state index in [2.05, 4.69) is 4.98 Å². The van der Waals surface area contributed by atoms with Gasteiger partial charge >= 0.3 is 6.18 Å². The van der Waals surface area contributed by atoms with Crippen LogP contribution in [0.3, 0.4) is 0 Å². The van der Waals surface area contributed by atoms with Crippen molar-refractivity contribution in [3.63, 3.8) is 0 Å². The number of rotatable bonds is 3. The lowest BCUT2D eigenvalue weighted by molar-refractivity contribution is -0.148. The summed E-state index contributed by atoms with van der Waals surface area (Å²) in [5.74, 6) is -0.116. The van der Waals surface area contributed by atoms with Gasteiger partial charge in [0.1, 0.15) is 10.7 Å². The maximum Gasteiger partial charge on any atom is 0.401 e. The van der Waals surface area contributed by atoms with Gasteiger partial charge in [-0.15, -0.1) is 0 Å². The first-order chi connectivity index (χ1) is 9.70. The first kappa shape index (κ1) is 16.0. The van der Waals surface area contributed by atoms with E-state index in [1.54, 1.807) is 0 Å². The number of sulfonamides is 1. The van der Waals surface area contributed by atoms with Crippen molar-refractivity contribution >= 4 is 15.8 Å². The van der Waals surface area contributed by atoms with E-state index in [0.717, 1.165) is 4.31 Å². The SMILES string of the molecule is Nc1ncccc1S(=O)(=O)N1CCN(CC(F)(F)F)CC1. The molecule has 1 aliphatic rings. The smallest absolute Gasteiger partial charge is 0.383 e. The first-order valence-electron chi connectivity index (χ1n) is 6.20. The second-order valence-corrected chi connectivity index (χ2v) is 6.59. The third-order valence-electron chi connectivity index (χ3n) is 3.15. The Kier molecular flexibility index (Phi) is 4.40. The molecule has 2 rings (SSSR count). The van der Waals surface area contributed by atoms with Gasteiger partial charge in [0.15, 0.2) is 0 Å². The molecule has 0 bridgehead atoms. The Hall–Kier alpha value is -1.39. The number of anilines is 1. The van der Waals surface area contributed by atoms with Crippen LogP contribution in [0.2, 0.25) is 0 Å². The summed E-state index contributed by atoms with van der Waals surface area (Å²) >= 11 is 0. The Morgan fingerprint density at radius 2 is 1.86 bits per heavy atom. The largest absolute Gasteiger partial charge is 0.401 e. The van der Waals surface area contributed by atoms with E-state index >= 15 is 0 Å². The lowest BCUT2D eigenvalue weighted by atomic mass is 10.3. The number of aromatic nitrogens is 1. The number of pyridine rings is 1. The summed E-state index contributed by atoms with van der Waals surface area (Å²) < 4.78 is 62.7. The van der Waals surface area contributed by atoms with Gasteiger partial charge in [0, 0.05) is 32.4 Å². The summed E-state index contributed by atoms with van der Waals surface area (Å²) in [4.78, 5) is 4.78. The highest BCUT2D eigenvalue weighted by Gasteiger charge is 2.35. The summed E-state index contributed by atoms with van der Waals surface area (Å²) in [5, 5.41) is 0. The monoisotopic (exact) mass is 324 g/mol. The minimum atomic E-state index is -4.28. The third-order valence-corrected chi connectivity index (χ3v) is 5.10. The van der Waals surface area contributed by atoms with E-state index in [0.29, 0.717) is 0 Å². The highest BCUT2D eigenvalue weighted by atomic mass is 32.2. The Morgan fingerprint density at radius 1 is 1.24 bits per heavy atom. The molecule has 1 aromatic heterocycles. The summed E-state index contributed by atoms with van der Waals surface area (Å²) in [6, 6.07) is 2.78. The van der Waals surface area contributed by atoms with Crippen LogP contribution >= 0.6 is 0 Å². The molecule has 10 heteroatoms. The first-order valence-corrected chi connectivity index (χ1v) is 7.64. The fraction of sp³-hybridized carbons (Fsp3) is 0.545. The summed E-state index contributed by atoms with van der Waals surface area (Å²) in [6.07, 6.45) is -2.91. The molecule has 0 spiro atoms. The van der Waals surface area contributed by atoms with Gasteiger partial charge in [-0.1, -0.05) is 0 Å². The fourth-order valence-corrected chi connectivity index (χ4v) is 3.63. The van der Waals surface area contributed by atoms with Crippen LogP contribution in [0.4, 0.5) is 19.0 Å². The lowest BCUT2D eigenvalue weighted by Crippen LogP contribution is -2.50. The van der Waals surface area contributed by atoms with E-state index < -0.39 is 22.7 Å². The van der Waals surface area contributed by atoms with E-state index in [1.165, 1.54) is 23.2 Å². The van der Waals surface area contributed by atoms with Crippen molar-refractivity contribution in [1.29, 1.82) is 0 Å². The fourth-order valence-electron chi connectivity index (χ4n) is 2.14. The number of nitrogens with two attached hydrogens (primary N) is 1. The van der Waals surface area contributed by atoms with Gasteiger partial charge in [-0.2, -0.15) is 17.5 Å². The molecule has 1 aromatic rings. The number of nitrogens with zero attached hydrogens (tertiary/aromatic N) is 3. The van der Waals surface area contributed by atoms with Crippen molar-refractivity contribution in [1.82, 2.24) is 14.2 Å². The number of halogens is 3. The molecule has 0 saturated carbocycles. The van der Waals surface area contributed by atoms with Crippen LogP contribution in [-0.2, 0) is 10.0 Å². The molecule has 0 unspecified atom stereocenters. The van der Waals surface area contributed by atoms with Crippen molar-refractivity contribution in [2.75, 3.05) is 38.5 Å². The molecule has 0 aliphatic carbocycles. The number of nitrogen functional groups attached to an aromatic ring is 1. The molecule has 6 nitrogen and oxygen atoms in total. The van der Waals surface area contributed by atoms with Crippen molar-refractivity contribution in [2.45, 2.75) is 11.1 Å². The molecule has 2 heterocycles. The van der Waals surface area contributed by atoms with Gasteiger partial charge < -0.3 is 5.73 Å². The zero-order chi connectivity index (χ0) is 15.7. The standard InChI is InChI=1S/C11H15F3N4O2S/c12-11(13,14)8-17-4-6-18(7-5-17)21(19,20)9-2-1-3-16-10(9)15/h1-3H,4-8H2,(H2,15,16). The minimum Gasteiger partial charge on any atom is -0.383 e. The number of alkyl halides is 3. The van der Waals surface area contributed by atoms with Gasteiger partial charge in [-0.3, -0.25) is 4.90 Å². The molecule has 0 radical (unpaired) electrons. The van der Waals surface area contributed by atoms with Crippen LogP contribution in [0, 0.1) is 0 Å². The predicted molar refractivity (Wildman–Crippen MR) is 69.9 cm³/mol. The third kappa shape index (κ3) is 3.83. The average Bonchev–Trinajstić information content (AvgIpc) is 2.37. The second kappa shape index (κ2) is 5.78. The molecule has 2 N–H and O–H groups in total. The second-order valence-electron chi connectivity index (χ2n) is 4.68. The molecule has 0 atom stereocenters. The van der Waals surface area contributed by atoms with E-state index in [-0.39, 0.29) is 36.9 Å². The highest BCUT2D eigenvalue weighted by Crippen LogP contribution is 2.23. The zero-order valence-electron chi connectivity index (χ0n) is 11.0. The summed E-state index contributed by atoms with van der Waals surface area (Å²) in [5.41, 5.74) is 5.55. The van der Waals surface area contributed by atoms with Crippen LogP contribution in [0.25, 0.3) is 0 Å². The number of hydrogen-bond donors (Lipinski definition) is 1. The normalized spacial score (nSPS) is 18.8. The van der Waals surface area contributed by atoms with Gasteiger partial charge in [-0.25, -0.2) is 13.4 Å². The molecule has 0 amide bonds. The maximum absolute atomic E-state index is 12.4. The Labute approximate surface area is 120 Å². The lowest BCUT2D eigenvalue weighted by Gasteiger charge is -2.34. The molecule has 118 valence electrons. The van der Waals surface area contributed by atoms with Crippen molar-refractivity contribution in [2.24, 2.45) is 0 Å². The predicted octanol–water partition coefficient (Wildman–Crippen LogP) is 0.532. The van der Waals surface area contributed by atoms with E-state index in [4.69, 9.17) is 5.73 Å². The number of hydrogen-bond acceptors (Lipinski definition) is 5. The van der Waals surface area contributed by atoms with Crippen LogP contribution in [0.15, 0.2) is 23.2 Å². The number of piperazine rings is 1. The van der Waals surface area contributed by atoms with Crippen LogP contribution in [-0.4, -0.2) is 61.5 Å². The topological polar surface area (TPSA) is 79.5 Å². The van der Waals surface area contributed by atoms with Gasteiger partial charge in [-0.05, 0) is 12.1 Å². The molecule has 0 aromatic carbocycles. The Morgan fingerprint density at radius 3 is 2.38 bits per heavy atom. The van der Waals surface area contributed by atoms with E-state index in [1.807, 2.05) is 0 Å². The maximum atomic E-state index is 12.4. The quantitative estimate of drug-likeness (QED) is 0.877. The van der Waals surface area contributed by atoms with Gasteiger partial charge in [0.05, 0.1) is 6.54 Å². The highest BCUT2D eigenvalue weighted by molar-refractivity contribution is 7.89.